The van der Waals surface area contributed by atoms with Gasteiger partial charge in [0, 0.05) is 50.4 Å². The van der Waals surface area contributed by atoms with Gasteiger partial charge in [-0.25, -0.2) is 0 Å². The van der Waals surface area contributed by atoms with Gasteiger partial charge in [-0.15, -0.1) is 0 Å². The van der Waals surface area contributed by atoms with Gasteiger partial charge in [-0.1, -0.05) is 80.5 Å². The molecule has 0 spiro atoms. The number of benzene rings is 6. The molecule has 6 aromatic rings. The zero-order valence-electron chi connectivity index (χ0n) is 48.2. The van der Waals surface area contributed by atoms with Gasteiger partial charge in [0.2, 0.25) is 0 Å². The molecule has 0 radical (unpaired) electrons. The molecule has 0 bridgehead atoms. The van der Waals surface area contributed by atoms with Crippen LogP contribution in [0, 0.1) is 0 Å². The van der Waals surface area contributed by atoms with Crippen LogP contribution in [-0.2, 0) is 13.7 Å². The summed E-state index contributed by atoms with van der Waals surface area (Å²) in [6, 6.07) is 27.8. The molecule has 15 nitrogen and oxygen atoms in total. The molecule has 0 N–H and O–H groups in total. The molecule has 0 saturated heterocycles. The van der Waals surface area contributed by atoms with Crippen LogP contribution in [0.4, 0.5) is 0 Å². The van der Waals surface area contributed by atoms with E-state index in [2.05, 4.69) is 0 Å². The standard InChI is InChI=1S/3C20H25O5P/c3*1-20(2,3)26(21)12-25-17-11-13(22-4)10-14(19(17)26)18-15(23-5)8-7-9-16(18)24-6/h3*7-11H,12H2,1-6H3/t2*26-;/m10./s1. The van der Waals surface area contributed by atoms with Gasteiger partial charge in [0.25, 0.3) is 0 Å². The summed E-state index contributed by atoms with van der Waals surface area (Å²) in [5.41, 5.74) is 4.56. The van der Waals surface area contributed by atoms with E-state index in [1.807, 2.05) is 135 Å². The summed E-state index contributed by atoms with van der Waals surface area (Å²) in [5.74, 6) is 7.58. The van der Waals surface area contributed by atoms with Crippen LogP contribution in [0.25, 0.3) is 33.4 Å². The molecule has 0 aliphatic carbocycles. The van der Waals surface area contributed by atoms with Gasteiger partial charge >= 0.3 is 0 Å². The Morgan fingerprint density at radius 3 is 0.705 bits per heavy atom. The van der Waals surface area contributed by atoms with Gasteiger partial charge in [-0.3, -0.25) is 0 Å². The van der Waals surface area contributed by atoms with Gasteiger partial charge in [0.05, 0.1) is 96.6 Å². The number of fused-ring (bicyclic) bond motifs is 3. The monoisotopic (exact) mass is 1130 g/mol. The van der Waals surface area contributed by atoms with Crippen molar-refractivity contribution >= 4 is 37.3 Å². The first kappa shape index (κ1) is 59.3. The summed E-state index contributed by atoms with van der Waals surface area (Å²) in [6.45, 7) is 17.9. The second-order valence-corrected chi connectivity index (χ2v) is 32.3. The average Bonchev–Trinajstić information content (AvgIpc) is 4.29. The Morgan fingerprint density at radius 2 is 0.538 bits per heavy atom. The van der Waals surface area contributed by atoms with Gasteiger partial charge in [0.1, 0.15) is 88.0 Å². The minimum Gasteiger partial charge on any atom is -0.497 e. The van der Waals surface area contributed by atoms with Crippen molar-refractivity contribution in [2.24, 2.45) is 0 Å². The number of rotatable bonds is 12. The molecule has 0 saturated carbocycles. The summed E-state index contributed by atoms with van der Waals surface area (Å²) in [4.78, 5) is 0. The van der Waals surface area contributed by atoms with Gasteiger partial charge in [-0.05, 0) is 54.6 Å². The predicted molar refractivity (Wildman–Crippen MR) is 312 cm³/mol. The van der Waals surface area contributed by atoms with E-state index in [0.29, 0.717) is 69.0 Å². The molecule has 3 atom stereocenters. The lowest BCUT2D eigenvalue weighted by molar-refractivity contribution is 0.380. The van der Waals surface area contributed by atoms with Crippen LogP contribution < -0.4 is 72.8 Å². The highest BCUT2D eigenvalue weighted by Crippen LogP contribution is 2.67. The molecule has 3 aliphatic heterocycles. The van der Waals surface area contributed by atoms with Crippen molar-refractivity contribution in [3.8, 4) is 102 Å². The molecule has 9 rings (SSSR count). The Bertz CT molecular complexity index is 2930. The van der Waals surface area contributed by atoms with Crippen LogP contribution in [0.1, 0.15) is 62.3 Å². The zero-order chi connectivity index (χ0) is 57.3. The molecule has 3 aliphatic rings. The lowest BCUT2D eigenvalue weighted by atomic mass is 10.0. The van der Waals surface area contributed by atoms with E-state index in [0.717, 1.165) is 49.3 Å². The van der Waals surface area contributed by atoms with E-state index in [4.69, 9.17) is 56.8 Å². The summed E-state index contributed by atoms with van der Waals surface area (Å²) in [6.07, 6.45) is 0.552. The van der Waals surface area contributed by atoms with Crippen molar-refractivity contribution < 1.29 is 70.5 Å². The highest BCUT2D eigenvalue weighted by Gasteiger charge is 2.50. The van der Waals surface area contributed by atoms with Crippen molar-refractivity contribution in [1.82, 2.24) is 0 Å². The first-order valence-corrected chi connectivity index (χ1v) is 31.0. The predicted octanol–water partition coefficient (Wildman–Crippen LogP) is 13.5. The molecule has 0 amide bonds. The number of hydrogen-bond donors (Lipinski definition) is 0. The van der Waals surface area contributed by atoms with Gasteiger partial charge < -0.3 is 70.5 Å². The Labute approximate surface area is 460 Å². The molecule has 78 heavy (non-hydrogen) atoms. The van der Waals surface area contributed by atoms with Crippen LogP contribution in [0.3, 0.4) is 0 Å². The number of hydrogen-bond acceptors (Lipinski definition) is 15. The molecular weight excluding hydrogens is 1050 g/mol. The zero-order valence-corrected chi connectivity index (χ0v) is 50.9. The first-order chi connectivity index (χ1) is 36.8. The van der Waals surface area contributed by atoms with Crippen LogP contribution >= 0.6 is 21.4 Å². The van der Waals surface area contributed by atoms with Crippen LogP contribution in [0.5, 0.6) is 69.0 Å². The van der Waals surface area contributed by atoms with Gasteiger partial charge in [-0.2, -0.15) is 0 Å². The summed E-state index contributed by atoms with van der Waals surface area (Å²) in [7, 11) is 5.98. The van der Waals surface area contributed by atoms with E-state index < -0.39 is 36.9 Å². The Hall–Kier alpha value is -6.39. The summed E-state index contributed by atoms with van der Waals surface area (Å²) in [5, 5.41) is 0.889. The Kier molecular flexibility index (Phi) is 17.3. The third kappa shape index (κ3) is 10.5. The smallest absolute Gasteiger partial charge is 0.160 e. The van der Waals surface area contributed by atoms with E-state index in [9.17, 15) is 13.7 Å². The summed E-state index contributed by atoms with van der Waals surface area (Å²) >= 11 is 0. The Morgan fingerprint density at radius 1 is 0.333 bits per heavy atom. The van der Waals surface area contributed by atoms with Crippen LogP contribution in [0.15, 0.2) is 91.0 Å². The quantitative estimate of drug-likeness (QED) is 0.106. The van der Waals surface area contributed by atoms with Crippen LogP contribution in [-0.4, -0.2) is 98.5 Å². The highest BCUT2D eigenvalue weighted by atomic mass is 31.2. The SMILES string of the molecule is COc1cc2c(c(-c3c(OC)cccc3OC)c1)P(=O)(C(C)(C)C)CO2.COc1cc2c(c(-c3c(OC)cccc3OC)c1)[P@@](=O)(C(C)(C)C)CO2.COc1cc2c(c(-c3c(OC)cccc3OC)c1)[P@](=O)(C(C)(C)C)CO2. The maximum atomic E-state index is 14.0. The first-order valence-electron chi connectivity index (χ1n) is 25.3. The highest BCUT2D eigenvalue weighted by molar-refractivity contribution is 7.74. The second kappa shape index (κ2) is 22.8. The molecule has 6 aromatic carbocycles. The van der Waals surface area contributed by atoms with E-state index in [-0.39, 0.29) is 19.0 Å². The van der Waals surface area contributed by atoms with Gasteiger partial charge in [0.15, 0.2) is 21.4 Å². The van der Waals surface area contributed by atoms with Crippen molar-refractivity contribution in [3.05, 3.63) is 91.0 Å². The normalized spacial score (nSPS) is 18.8. The third-order valence-electron chi connectivity index (χ3n) is 14.5. The molecule has 0 fully saturated rings. The topological polar surface area (TPSA) is 162 Å². The number of ether oxygens (including phenoxy) is 12. The maximum Gasteiger partial charge on any atom is 0.160 e. The second-order valence-electron chi connectivity index (χ2n) is 21.7. The van der Waals surface area contributed by atoms with Crippen molar-refractivity contribution in [3.63, 3.8) is 0 Å². The van der Waals surface area contributed by atoms with E-state index in [1.165, 1.54) is 0 Å². The van der Waals surface area contributed by atoms with E-state index in [1.54, 1.807) is 82.2 Å². The molecule has 420 valence electrons. The average molecular weight is 1130 g/mol. The maximum absolute atomic E-state index is 14.0. The van der Waals surface area contributed by atoms with Crippen LogP contribution in [0.2, 0.25) is 0 Å². The largest absolute Gasteiger partial charge is 0.497 e. The van der Waals surface area contributed by atoms with E-state index >= 15 is 0 Å². The fourth-order valence-corrected chi connectivity index (χ4v) is 17.4. The Balaban J connectivity index is 0.000000170. The molecule has 1 unspecified atom stereocenters. The van der Waals surface area contributed by atoms with Crippen molar-refractivity contribution in [2.45, 2.75) is 77.8 Å². The van der Waals surface area contributed by atoms with Crippen molar-refractivity contribution in [2.75, 3.05) is 83.0 Å². The molecule has 18 heteroatoms. The lowest BCUT2D eigenvalue weighted by Gasteiger charge is -2.28. The fraction of sp³-hybridized carbons (Fsp3) is 0.400. The number of methoxy groups -OCH3 is 9. The molecular formula is C60H75O15P3. The molecule has 0 aromatic heterocycles. The molecule has 3 heterocycles. The van der Waals surface area contributed by atoms with Crippen molar-refractivity contribution in [1.29, 1.82) is 0 Å². The lowest BCUT2D eigenvalue weighted by Crippen LogP contribution is -2.23. The third-order valence-corrected chi connectivity index (χ3v) is 26.0. The summed E-state index contributed by atoms with van der Waals surface area (Å²) < 4.78 is 109. The minimum absolute atomic E-state index is 0.184. The minimum atomic E-state index is -2.83. The fourth-order valence-electron chi connectivity index (χ4n) is 9.73.